The van der Waals surface area contributed by atoms with Gasteiger partial charge in [-0.2, -0.15) is 0 Å². The topological polar surface area (TPSA) is 49.8 Å². The number of ketones is 1. The highest BCUT2D eigenvalue weighted by Gasteiger charge is 2.19. The Kier molecular flexibility index (Phi) is 5.51. The molecule has 0 spiro atoms. The van der Waals surface area contributed by atoms with Crippen LogP contribution in [0.4, 0.5) is 0 Å². The molecular formula is C15H21NO3. The molecule has 1 aliphatic rings. The van der Waals surface area contributed by atoms with Gasteiger partial charge in [0.15, 0.2) is 5.78 Å². The fourth-order valence-corrected chi connectivity index (χ4v) is 2.33. The molecule has 1 unspecified atom stereocenters. The van der Waals surface area contributed by atoms with Crippen LogP contribution in [0, 0.1) is 0 Å². The molecule has 1 aromatic carbocycles. The molecular weight excluding hydrogens is 242 g/mol. The molecule has 0 saturated carbocycles. The van der Waals surface area contributed by atoms with Gasteiger partial charge < -0.3 is 9.84 Å². The van der Waals surface area contributed by atoms with Crippen molar-refractivity contribution < 1.29 is 14.6 Å². The molecule has 1 N–H and O–H groups in total. The molecule has 1 atom stereocenters. The molecule has 4 heteroatoms. The number of hydrogen-bond donors (Lipinski definition) is 1. The Hall–Kier alpha value is -1.23. The van der Waals surface area contributed by atoms with Crippen molar-refractivity contribution in [2.24, 2.45) is 0 Å². The third-order valence-electron chi connectivity index (χ3n) is 3.40. The minimum atomic E-state index is -0.0708. The maximum absolute atomic E-state index is 11.9. The predicted molar refractivity (Wildman–Crippen MR) is 73.3 cm³/mol. The number of hydrogen-bond acceptors (Lipinski definition) is 4. The number of nitrogens with zero attached hydrogens (tertiary/aromatic N) is 1. The van der Waals surface area contributed by atoms with Gasteiger partial charge in [-0.25, -0.2) is 0 Å². The zero-order chi connectivity index (χ0) is 13.5. The van der Waals surface area contributed by atoms with E-state index < -0.39 is 0 Å². The number of carbonyl (C=O) groups is 1. The number of carbonyl (C=O) groups excluding carboxylic acids is 1. The summed E-state index contributed by atoms with van der Waals surface area (Å²) in [6.45, 7) is 3.27. The fourth-order valence-electron chi connectivity index (χ4n) is 2.33. The van der Waals surface area contributed by atoms with E-state index in [9.17, 15) is 4.79 Å². The molecule has 4 nitrogen and oxygen atoms in total. The van der Waals surface area contributed by atoms with Crippen LogP contribution < -0.4 is 0 Å². The molecule has 0 bridgehead atoms. The Labute approximate surface area is 114 Å². The smallest absolute Gasteiger partial charge is 0.162 e. The van der Waals surface area contributed by atoms with Crippen molar-refractivity contribution in [3.63, 3.8) is 0 Å². The van der Waals surface area contributed by atoms with Gasteiger partial charge in [-0.15, -0.1) is 0 Å². The van der Waals surface area contributed by atoms with Crippen molar-refractivity contribution in [2.75, 3.05) is 32.8 Å². The highest BCUT2D eigenvalue weighted by Crippen LogP contribution is 2.09. The average Bonchev–Trinajstić information content (AvgIpc) is 2.48. The number of rotatable bonds is 6. The standard InChI is InChI=1S/C15H21NO3/c17-12-14-11-16(9-10-19-14)8-4-7-15(18)13-5-2-1-3-6-13/h1-3,5-6,14,17H,4,7-12H2. The van der Waals surface area contributed by atoms with Crippen LogP contribution in [0.5, 0.6) is 0 Å². The minimum absolute atomic E-state index is 0.0689. The Morgan fingerprint density at radius 1 is 1.37 bits per heavy atom. The fraction of sp³-hybridized carbons (Fsp3) is 0.533. The van der Waals surface area contributed by atoms with Crippen molar-refractivity contribution in [3.05, 3.63) is 35.9 Å². The van der Waals surface area contributed by atoms with Crippen molar-refractivity contribution in [1.29, 1.82) is 0 Å². The molecule has 104 valence electrons. The summed E-state index contributed by atoms with van der Waals surface area (Å²) in [7, 11) is 0. The molecule has 0 aromatic heterocycles. The summed E-state index contributed by atoms with van der Waals surface area (Å²) in [4.78, 5) is 14.2. The van der Waals surface area contributed by atoms with Gasteiger partial charge in [0, 0.05) is 25.1 Å². The van der Waals surface area contributed by atoms with Crippen LogP contribution in [0.1, 0.15) is 23.2 Å². The highest BCUT2D eigenvalue weighted by molar-refractivity contribution is 5.95. The number of aliphatic hydroxyl groups excluding tert-OH is 1. The molecule has 0 radical (unpaired) electrons. The van der Waals surface area contributed by atoms with Gasteiger partial charge in [-0.3, -0.25) is 9.69 Å². The summed E-state index contributed by atoms with van der Waals surface area (Å²) < 4.78 is 5.40. The van der Waals surface area contributed by atoms with Crippen LogP contribution in [-0.4, -0.2) is 54.7 Å². The van der Waals surface area contributed by atoms with E-state index in [1.54, 1.807) is 0 Å². The Bertz CT molecular complexity index is 394. The van der Waals surface area contributed by atoms with E-state index in [1.165, 1.54) is 0 Å². The summed E-state index contributed by atoms with van der Waals surface area (Å²) >= 11 is 0. The van der Waals surface area contributed by atoms with Gasteiger partial charge in [-0.05, 0) is 13.0 Å². The molecule has 0 aliphatic carbocycles. The van der Waals surface area contributed by atoms with Crippen LogP contribution in [0.3, 0.4) is 0 Å². The summed E-state index contributed by atoms with van der Waals surface area (Å²) in [6, 6.07) is 9.42. The van der Waals surface area contributed by atoms with Crippen LogP contribution in [0.25, 0.3) is 0 Å². The first kappa shape index (κ1) is 14.2. The quantitative estimate of drug-likeness (QED) is 0.787. The largest absolute Gasteiger partial charge is 0.394 e. The number of ether oxygens (including phenoxy) is 1. The number of aliphatic hydroxyl groups is 1. The molecule has 19 heavy (non-hydrogen) atoms. The maximum Gasteiger partial charge on any atom is 0.162 e. The molecule has 1 fully saturated rings. The maximum atomic E-state index is 11.9. The van der Waals surface area contributed by atoms with E-state index in [4.69, 9.17) is 9.84 Å². The van der Waals surface area contributed by atoms with Gasteiger partial charge in [0.25, 0.3) is 0 Å². The molecule has 2 rings (SSSR count). The zero-order valence-corrected chi connectivity index (χ0v) is 11.1. The Morgan fingerprint density at radius 2 is 2.16 bits per heavy atom. The lowest BCUT2D eigenvalue weighted by Crippen LogP contribution is -2.44. The first-order valence-electron chi connectivity index (χ1n) is 6.82. The van der Waals surface area contributed by atoms with Crippen LogP contribution >= 0.6 is 0 Å². The minimum Gasteiger partial charge on any atom is -0.394 e. The van der Waals surface area contributed by atoms with E-state index >= 15 is 0 Å². The van der Waals surface area contributed by atoms with Gasteiger partial charge in [-0.1, -0.05) is 30.3 Å². The molecule has 1 saturated heterocycles. The van der Waals surface area contributed by atoms with E-state index in [1.807, 2.05) is 30.3 Å². The number of benzene rings is 1. The number of morpholine rings is 1. The summed E-state index contributed by atoms with van der Waals surface area (Å²) in [5, 5.41) is 9.07. The van der Waals surface area contributed by atoms with Gasteiger partial charge in [0.1, 0.15) is 0 Å². The van der Waals surface area contributed by atoms with Crippen LogP contribution in [0.2, 0.25) is 0 Å². The summed E-state index contributed by atoms with van der Waals surface area (Å²) in [5.41, 5.74) is 0.790. The van der Waals surface area contributed by atoms with Crippen LogP contribution in [-0.2, 0) is 4.74 Å². The monoisotopic (exact) mass is 263 g/mol. The second-order valence-electron chi connectivity index (χ2n) is 4.87. The van der Waals surface area contributed by atoms with Crippen LogP contribution in [0.15, 0.2) is 30.3 Å². The van der Waals surface area contributed by atoms with E-state index in [0.29, 0.717) is 13.0 Å². The second-order valence-corrected chi connectivity index (χ2v) is 4.87. The summed E-state index contributed by atoms with van der Waals surface area (Å²) in [5.74, 6) is 0.201. The van der Waals surface area contributed by atoms with E-state index in [2.05, 4.69) is 4.90 Å². The third-order valence-corrected chi connectivity index (χ3v) is 3.40. The number of Topliss-reactive ketones (excluding diaryl/α,β-unsaturated/α-hetero) is 1. The average molecular weight is 263 g/mol. The molecule has 0 amide bonds. The van der Waals surface area contributed by atoms with Crippen molar-refractivity contribution in [1.82, 2.24) is 4.90 Å². The lowest BCUT2D eigenvalue weighted by atomic mass is 10.1. The second kappa shape index (κ2) is 7.38. The summed E-state index contributed by atoms with van der Waals surface area (Å²) in [6.07, 6.45) is 1.36. The van der Waals surface area contributed by atoms with Gasteiger partial charge in [0.2, 0.25) is 0 Å². The third kappa shape index (κ3) is 4.42. The van der Waals surface area contributed by atoms with Crippen molar-refractivity contribution in [3.8, 4) is 0 Å². The lowest BCUT2D eigenvalue weighted by Gasteiger charge is -2.31. The van der Waals surface area contributed by atoms with E-state index in [0.717, 1.165) is 31.6 Å². The molecule has 1 aliphatic heterocycles. The lowest BCUT2D eigenvalue weighted by molar-refractivity contribution is -0.0527. The Morgan fingerprint density at radius 3 is 2.89 bits per heavy atom. The molecule has 1 aromatic rings. The first-order chi connectivity index (χ1) is 9.29. The van der Waals surface area contributed by atoms with Gasteiger partial charge in [0.05, 0.1) is 19.3 Å². The van der Waals surface area contributed by atoms with E-state index in [-0.39, 0.29) is 18.5 Å². The predicted octanol–water partition coefficient (Wildman–Crippen LogP) is 1.34. The van der Waals surface area contributed by atoms with Crippen molar-refractivity contribution >= 4 is 5.78 Å². The SMILES string of the molecule is O=C(CCCN1CCOC(CO)C1)c1ccccc1. The molecule has 1 heterocycles. The highest BCUT2D eigenvalue weighted by atomic mass is 16.5. The normalized spacial score (nSPS) is 20.4. The first-order valence-corrected chi connectivity index (χ1v) is 6.82. The zero-order valence-electron chi connectivity index (χ0n) is 11.1. The van der Waals surface area contributed by atoms with Gasteiger partial charge >= 0.3 is 0 Å². The Balaban J connectivity index is 1.70. The van der Waals surface area contributed by atoms with Crippen molar-refractivity contribution in [2.45, 2.75) is 18.9 Å².